The number of aliphatic carboxylic acids is 1. The Labute approximate surface area is 265 Å². The lowest BCUT2D eigenvalue weighted by atomic mass is 9.71. The molecule has 1 saturated carbocycles. The van der Waals surface area contributed by atoms with Gasteiger partial charge >= 0.3 is 24.4 Å². The Bertz CT molecular complexity index is 1670. The van der Waals surface area contributed by atoms with E-state index in [1.54, 1.807) is 6.07 Å². The molecule has 2 aromatic carbocycles. The highest BCUT2D eigenvalue weighted by atomic mass is 19.4. The molecule has 0 unspecified atom stereocenters. The molecule has 2 atom stereocenters. The average molecular weight is 664 g/mol. The van der Waals surface area contributed by atoms with Crippen molar-refractivity contribution in [1.29, 1.82) is 0 Å². The molecule has 2 saturated heterocycles. The summed E-state index contributed by atoms with van der Waals surface area (Å²) in [5.74, 6) is -0.0778. The average Bonchev–Trinajstić information content (AvgIpc) is 3.23. The zero-order valence-corrected chi connectivity index (χ0v) is 25.4. The molecule has 3 heterocycles. The minimum Gasteiger partial charge on any atom is -0.496 e. The maximum Gasteiger partial charge on any atom is 0.416 e. The first kappa shape index (κ1) is 32.5. The van der Waals surface area contributed by atoms with E-state index < -0.39 is 59.2 Å². The third-order valence-corrected chi connectivity index (χ3v) is 9.26. The molecule has 3 fully saturated rings. The molecular formula is C33H31F6N3O5. The standard InChI is InChI=1S/C33H31F6N3O5/c1-17-29(20-12-22(32(34,35)36)15-23(13-20)33(37,38)39)47-31(45)42(17)16-26-24(5-7-28(40-26)41-8-3-9-41)25-14-18(4-6-27(25)46-2)19-10-21(11-19)30(43)44/h4-7,12-15,17,19,21,29H,3,8-11,16H2,1-2H3,(H,43,44)/t17-,19?,21?,29-/m0/s1. The number of amides is 1. The predicted molar refractivity (Wildman–Crippen MR) is 157 cm³/mol. The Morgan fingerprint density at radius 2 is 1.62 bits per heavy atom. The van der Waals surface area contributed by atoms with Gasteiger partial charge in [0, 0.05) is 24.2 Å². The van der Waals surface area contributed by atoms with Crippen LogP contribution in [-0.2, 0) is 28.4 Å². The molecule has 3 aromatic rings. The fourth-order valence-electron chi connectivity index (χ4n) is 6.32. The fourth-order valence-corrected chi connectivity index (χ4v) is 6.32. The summed E-state index contributed by atoms with van der Waals surface area (Å²) in [5, 5.41) is 9.34. The lowest BCUT2D eigenvalue weighted by molar-refractivity contribution is -0.145. The molecule has 2 aliphatic heterocycles. The predicted octanol–water partition coefficient (Wildman–Crippen LogP) is 7.67. The fraction of sp³-hybridized carbons (Fsp3) is 0.424. The van der Waals surface area contributed by atoms with E-state index in [1.807, 2.05) is 29.2 Å². The van der Waals surface area contributed by atoms with Crippen molar-refractivity contribution >= 4 is 17.9 Å². The molecule has 250 valence electrons. The minimum absolute atomic E-state index is 0.0286. The number of carboxylic acids is 1. The van der Waals surface area contributed by atoms with Crippen molar-refractivity contribution in [1.82, 2.24) is 9.88 Å². The summed E-state index contributed by atoms with van der Waals surface area (Å²) < 4.78 is 92.6. The van der Waals surface area contributed by atoms with Crippen LogP contribution in [0.3, 0.4) is 0 Å². The van der Waals surface area contributed by atoms with Crippen molar-refractivity contribution < 1.29 is 50.5 Å². The van der Waals surface area contributed by atoms with E-state index in [2.05, 4.69) is 0 Å². The summed E-state index contributed by atoms with van der Waals surface area (Å²) in [4.78, 5) is 32.7. The number of hydrogen-bond donors (Lipinski definition) is 1. The zero-order valence-electron chi connectivity index (χ0n) is 25.4. The summed E-state index contributed by atoms with van der Waals surface area (Å²) in [6.07, 6.45) is -10.5. The first-order valence-corrected chi connectivity index (χ1v) is 15.1. The second kappa shape index (κ2) is 11.9. The molecular weight excluding hydrogens is 632 g/mol. The SMILES string of the molecule is COc1ccc(C2CC(C(=O)O)C2)cc1-c1ccc(N2CCC2)nc1CN1C(=O)O[C@H](c2cc(C(F)(F)F)cc(C(F)(F)F)c2)[C@@H]1C. The lowest BCUT2D eigenvalue weighted by Gasteiger charge is -2.34. The van der Waals surface area contributed by atoms with Gasteiger partial charge in [-0.25, -0.2) is 9.78 Å². The molecule has 8 nitrogen and oxygen atoms in total. The van der Waals surface area contributed by atoms with Gasteiger partial charge in [0.25, 0.3) is 0 Å². The second-order valence-electron chi connectivity index (χ2n) is 12.2. The number of cyclic esters (lactones) is 1. The highest BCUT2D eigenvalue weighted by Crippen LogP contribution is 2.46. The first-order chi connectivity index (χ1) is 22.1. The maximum absolute atomic E-state index is 13.6. The number of rotatable bonds is 8. The van der Waals surface area contributed by atoms with Gasteiger partial charge in [-0.1, -0.05) is 6.07 Å². The number of carboxylic acid groups (broad SMARTS) is 1. The van der Waals surface area contributed by atoms with Gasteiger partial charge < -0.3 is 19.5 Å². The number of ether oxygens (including phenoxy) is 2. The third kappa shape index (κ3) is 6.29. The Kier molecular flexibility index (Phi) is 8.25. The lowest BCUT2D eigenvalue weighted by Crippen LogP contribution is -2.38. The van der Waals surface area contributed by atoms with Crippen LogP contribution >= 0.6 is 0 Å². The second-order valence-corrected chi connectivity index (χ2v) is 12.2. The number of methoxy groups -OCH3 is 1. The number of anilines is 1. The van der Waals surface area contributed by atoms with Crippen LogP contribution in [-0.4, -0.2) is 53.3 Å². The summed E-state index contributed by atoms with van der Waals surface area (Å²) in [6.45, 7) is 2.89. The largest absolute Gasteiger partial charge is 0.496 e. The van der Waals surface area contributed by atoms with E-state index in [0.29, 0.717) is 53.4 Å². The molecule has 0 radical (unpaired) electrons. The number of halogens is 6. The monoisotopic (exact) mass is 663 g/mol. The normalized spacial score (nSPS) is 22.9. The Hall–Kier alpha value is -4.49. The van der Waals surface area contributed by atoms with E-state index in [9.17, 15) is 41.0 Å². The maximum atomic E-state index is 13.6. The van der Waals surface area contributed by atoms with Gasteiger partial charge in [-0.05, 0) is 85.7 Å². The van der Waals surface area contributed by atoms with Crippen molar-refractivity contribution in [2.45, 2.75) is 63.1 Å². The van der Waals surface area contributed by atoms with E-state index in [0.717, 1.165) is 25.1 Å². The molecule has 47 heavy (non-hydrogen) atoms. The molecule has 1 amide bonds. The number of hydrogen-bond acceptors (Lipinski definition) is 6. The van der Waals surface area contributed by atoms with E-state index in [-0.39, 0.29) is 18.5 Å². The number of nitrogens with zero attached hydrogens (tertiary/aromatic N) is 3. The van der Waals surface area contributed by atoms with Crippen molar-refractivity contribution in [3.63, 3.8) is 0 Å². The van der Waals surface area contributed by atoms with Crippen LogP contribution in [0.25, 0.3) is 11.1 Å². The number of carbonyl (C=O) groups is 2. The molecule has 0 bridgehead atoms. The number of carbonyl (C=O) groups excluding carboxylic acids is 1. The highest BCUT2D eigenvalue weighted by molar-refractivity contribution is 5.77. The molecule has 1 aromatic heterocycles. The first-order valence-electron chi connectivity index (χ1n) is 15.1. The molecule has 6 rings (SSSR count). The Balaban J connectivity index is 1.36. The number of benzene rings is 2. The smallest absolute Gasteiger partial charge is 0.416 e. The van der Waals surface area contributed by atoms with Gasteiger partial charge in [-0.2, -0.15) is 26.3 Å². The van der Waals surface area contributed by atoms with Crippen molar-refractivity contribution in [2.75, 3.05) is 25.1 Å². The van der Waals surface area contributed by atoms with Crippen molar-refractivity contribution in [2.24, 2.45) is 5.92 Å². The van der Waals surface area contributed by atoms with E-state index in [4.69, 9.17) is 14.5 Å². The highest BCUT2D eigenvalue weighted by Gasteiger charge is 2.44. The van der Waals surface area contributed by atoms with Gasteiger partial charge in [0.05, 0.1) is 42.4 Å². The topological polar surface area (TPSA) is 92.2 Å². The Morgan fingerprint density at radius 3 is 2.17 bits per heavy atom. The van der Waals surface area contributed by atoms with Crippen LogP contribution in [0, 0.1) is 5.92 Å². The van der Waals surface area contributed by atoms with E-state index in [1.165, 1.54) is 18.9 Å². The van der Waals surface area contributed by atoms with Gasteiger partial charge in [0.15, 0.2) is 0 Å². The van der Waals surface area contributed by atoms with Crippen LogP contribution in [0.1, 0.15) is 66.2 Å². The molecule has 14 heteroatoms. The molecule has 3 aliphatic rings. The van der Waals surface area contributed by atoms with Gasteiger partial charge in [0.1, 0.15) is 17.7 Å². The summed E-state index contributed by atoms with van der Waals surface area (Å²) in [6, 6.07) is 9.47. The van der Waals surface area contributed by atoms with Crippen LogP contribution < -0.4 is 9.64 Å². The van der Waals surface area contributed by atoms with Crippen LogP contribution in [0.15, 0.2) is 48.5 Å². The number of aromatic nitrogens is 1. The molecule has 1 aliphatic carbocycles. The van der Waals surface area contributed by atoms with Crippen molar-refractivity contribution in [3.8, 4) is 16.9 Å². The third-order valence-electron chi connectivity index (χ3n) is 9.26. The zero-order chi connectivity index (χ0) is 33.8. The molecule has 1 N–H and O–H groups in total. The van der Waals surface area contributed by atoms with Gasteiger partial charge in [-0.3, -0.25) is 9.69 Å². The summed E-state index contributed by atoms with van der Waals surface area (Å²) in [7, 11) is 1.50. The van der Waals surface area contributed by atoms with Gasteiger partial charge in [-0.15, -0.1) is 0 Å². The molecule has 0 spiro atoms. The number of pyridine rings is 1. The minimum atomic E-state index is -5.06. The summed E-state index contributed by atoms with van der Waals surface area (Å²) >= 11 is 0. The number of alkyl halides is 6. The van der Waals surface area contributed by atoms with Crippen LogP contribution in [0.5, 0.6) is 5.75 Å². The van der Waals surface area contributed by atoms with Crippen molar-refractivity contribution in [3.05, 3.63) is 76.5 Å². The summed E-state index contributed by atoms with van der Waals surface area (Å²) in [5.41, 5.74) is -0.837. The van der Waals surface area contributed by atoms with Crippen LogP contribution in [0.2, 0.25) is 0 Å². The van der Waals surface area contributed by atoms with Gasteiger partial charge in [0.2, 0.25) is 0 Å². The van der Waals surface area contributed by atoms with Crippen LogP contribution in [0.4, 0.5) is 37.0 Å². The quantitative estimate of drug-likeness (QED) is 0.248. The Morgan fingerprint density at radius 1 is 0.957 bits per heavy atom. The van der Waals surface area contributed by atoms with E-state index >= 15 is 0 Å².